The van der Waals surface area contributed by atoms with Crippen LogP contribution in [0.2, 0.25) is 0 Å². The summed E-state index contributed by atoms with van der Waals surface area (Å²) >= 11 is 0. The summed E-state index contributed by atoms with van der Waals surface area (Å²) in [7, 11) is 0. The van der Waals surface area contributed by atoms with Crippen LogP contribution in [0.3, 0.4) is 0 Å². The van der Waals surface area contributed by atoms with Gasteiger partial charge in [0.25, 0.3) is 0 Å². The van der Waals surface area contributed by atoms with Gasteiger partial charge in [-0.3, -0.25) is 0 Å². The Bertz CT molecular complexity index is 560. The van der Waals surface area contributed by atoms with E-state index >= 15 is 0 Å². The lowest BCUT2D eigenvalue weighted by molar-refractivity contribution is 0.315. The van der Waals surface area contributed by atoms with E-state index in [0.29, 0.717) is 17.2 Å². The van der Waals surface area contributed by atoms with E-state index in [2.05, 4.69) is 22.1 Å². The van der Waals surface area contributed by atoms with E-state index in [-0.39, 0.29) is 0 Å². The largest absolute Gasteiger partial charge is 0.397 e. The number of rotatable bonds is 3. The number of nitrogens with zero attached hydrogens (tertiary/aromatic N) is 3. The Morgan fingerprint density at radius 2 is 1.95 bits per heavy atom. The van der Waals surface area contributed by atoms with Crippen molar-refractivity contribution in [2.24, 2.45) is 0 Å². The van der Waals surface area contributed by atoms with E-state index in [9.17, 15) is 0 Å². The zero-order chi connectivity index (χ0) is 13.2. The van der Waals surface area contributed by atoms with Crippen molar-refractivity contribution >= 4 is 22.4 Å². The van der Waals surface area contributed by atoms with E-state index < -0.39 is 0 Å². The molecule has 5 nitrogen and oxygen atoms in total. The lowest BCUT2D eigenvalue weighted by Gasteiger charge is -2.35. The molecule has 0 aliphatic heterocycles. The standard InChI is InChI=1S/C14H20N4O/c1-2-18(10-6-4-3-5-7-10)12-9-8-11(15)13-14(12)17-19-16-13/h8-10H,2-7,15H2,1H3. The molecular formula is C14H20N4O. The molecule has 1 aliphatic carbocycles. The first-order valence-electron chi connectivity index (χ1n) is 7.08. The van der Waals surface area contributed by atoms with Crippen LogP contribution in [0.5, 0.6) is 0 Å². The third kappa shape index (κ3) is 2.13. The number of hydrogen-bond donors (Lipinski definition) is 1. The molecule has 0 radical (unpaired) electrons. The van der Waals surface area contributed by atoms with Crippen molar-refractivity contribution in [3.63, 3.8) is 0 Å². The van der Waals surface area contributed by atoms with Crippen LogP contribution in [-0.2, 0) is 0 Å². The fourth-order valence-electron chi connectivity index (χ4n) is 3.12. The normalized spacial score (nSPS) is 16.9. The lowest BCUT2D eigenvalue weighted by atomic mass is 9.93. The molecule has 19 heavy (non-hydrogen) atoms. The van der Waals surface area contributed by atoms with Crippen LogP contribution in [0.1, 0.15) is 39.0 Å². The van der Waals surface area contributed by atoms with Crippen LogP contribution in [0, 0.1) is 0 Å². The summed E-state index contributed by atoms with van der Waals surface area (Å²) in [5, 5.41) is 7.94. The van der Waals surface area contributed by atoms with Gasteiger partial charge in [0.05, 0.1) is 11.4 Å². The maximum Gasteiger partial charge on any atom is 0.160 e. The Balaban J connectivity index is 2.01. The Morgan fingerprint density at radius 3 is 2.68 bits per heavy atom. The first-order valence-corrected chi connectivity index (χ1v) is 7.08. The van der Waals surface area contributed by atoms with Gasteiger partial charge in [0.15, 0.2) is 11.0 Å². The second-order valence-electron chi connectivity index (χ2n) is 5.21. The van der Waals surface area contributed by atoms with E-state index in [4.69, 9.17) is 10.4 Å². The summed E-state index contributed by atoms with van der Waals surface area (Å²) in [5.41, 5.74) is 9.09. The van der Waals surface area contributed by atoms with E-state index in [0.717, 1.165) is 17.7 Å². The minimum absolute atomic E-state index is 0.599. The molecule has 102 valence electrons. The molecule has 1 heterocycles. The first kappa shape index (κ1) is 12.3. The summed E-state index contributed by atoms with van der Waals surface area (Å²) in [6, 6.07) is 4.54. The van der Waals surface area contributed by atoms with E-state index in [1.54, 1.807) is 0 Å². The molecule has 0 amide bonds. The molecule has 0 atom stereocenters. The Kier molecular flexibility index (Phi) is 3.27. The number of aromatic nitrogens is 2. The van der Waals surface area contributed by atoms with Crippen molar-refractivity contribution in [1.82, 2.24) is 10.3 Å². The quantitative estimate of drug-likeness (QED) is 0.859. The van der Waals surface area contributed by atoms with E-state index in [1.807, 2.05) is 12.1 Å². The molecule has 0 saturated heterocycles. The number of nitrogens with two attached hydrogens (primary N) is 1. The van der Waals surface area contributed by atoms with Crippen LogP contribution >= 0.6 is 0 Å². The molecule has 0 spiro atoms. The summed E-state index contributed by atoms with van der Waals surface area (Å²) in [6.07, 6.45) is 6.50. The van der Waals surface area contributed by atoms with Crippen molar-refractivity contribution in [3.8, 4) is 0 Å². The second kappa shape index (κ2) is 5.07. The second-order valence-corrected chi connectivity index (χ2v) is 5.21. The summed E-state index contributed by atoms with van der Waals surface area (Å²) in [6.45, 7) is 3.15. The number of nitrogen functional groups attached to an aromatic ring is 1. The summed E-state index contributed by atoms with van der Waals surface area (Å²) in [5.74, 6) is 0. The highest BCUT2D eigenvalue weighted by atomic mass is 16.6. The topological polar surface area (TPSA) is 68.2 Å². The van der Waals surface area contributed by atoms with Gasteiger partial charge in [0.1, 0.15) is 0 Å². The van der Waals surface area contributed by atoms with Crippen LogP contribution < -0.4 is 10.6 Å². The van der Waals surface area contributed by atoms with Crippen molar-refractivity contribution in [2.45, 2.75) is 45.1 Å². The molecular weight excluding hydrogens is 240 g/mol. The van der Waals surface area contributed by atoms with E-state index in [1.165, 1.54) is 32.1 Å². The highest BCUT2D eigenvalue weighted by molar-refractivity contribution is 5.95. The molecule has 0 unspecified atom stereocenters. The minimum Gasteiger partial charge on any atom is -0.397 e. The SMILES string of the molecule is CCN(c1ccc(N)c2nonc12)C1CCCCC1. The highest BCUT2D eigenvalue weighted by Gasteiger charge is 2.23. The van der Waals surface area contributed by atoms with Gasteiger partial charge >= 0.3 is 0 Å². The minimum atomic E-state index is 0.599. The maximum absolute atomic E-state index is 5.91. The van der Waals surface area contributed by atoms with Crippen LogP contribution in [0.15, 0.2) is 16.8 Å². The Morgan fingerprint density at radius 1 is 1.21 bits per heavy atom. The molecule has 1 fully saturated rings. The first-order chi connectivity index (χ1) is 9.31. The van der Waals surface area contributed by atoms with Crippen molar-refractivity contribution in [2.75, 3.05) is 17.2 Å². The maximum atomic E-state index is 5.91. The number of benzene rings is 1. The number of fused-ring (bicyclic) bond motifs is 1. The highest BCUT2D eigenvalue weighted by Crippen LogP contribution is 2.33. The van der Waals surface area contributed by atoms with Gasteiger partial charge in [0.2, 0.25) is 0 Å². The van der Waals surface area contributed by atoms with Gasteiger partial charge in [0, 0.05) is 12.6 Å². The molecule has 1 aromatic heterocycles. The van der Waals surface area contributed by atoms with Gasteiger partial charge in [-0.1, -0.05) is 19.3 Å². The predicted molar refractivity (Wildman–Crippen MR) is 76.1 cm³/mol. The van der Waals surface area contributed by atoms with Crippen molar-refractivity contribution < 1.29 is 4.63 Å². The van der Waals surface area contributed by atoms with Crippen LogP contribution in [0.4, 0.5) is 11.4 Å². The average molecular weight is 260 g/mol. The molecule has 2 N–H and O–H groups in total. The molecule has 5 heteroatoms. The van der Waals surface area contributed by atoms with Gasteiger partial charge in [-0.2, -0.15) is 0 Å². The van der Waals surface area contributed by atoms with Gasteiger partial charge in [-0.05, 0) is 42.2 Å². The molecule has 0 bridgehead atoms. The average Bonchev–Trinajstić information content (AvgIpc) is 2.94. The van der Waals surface area contributed by atoms with Gasteiger partial charge in [-0.25, -0.2) is 4.63 Å². The number of hydrogen-bond acceptors (Lipinski definition) is 5. The molecule has 1 aromatic carbocycles. The molecule has 2 aromatic rings. The molecule has 1 saturated carbocycles. The smallest absolute Gasteiger partial charge is 0.160 e. The van der Waals surface area contributed by atoms with Crippen molar-refractivity contribution in [1.29, 1.82) is 0 Å². The Labute approximate surface area is 112 Å². The monoisotopic (exact) mass is 260 g/mol. The van der Waals surface area contributed by atoms with Crippen LogP contribution in [-0.4, -0.2) is 22.9 Å². The lowest BCUT2D eigenvalue weighted by Crippen LogP contribution is -2.36. The Hall–Kier alpha value is -1.78. The summed E-state index contributed by atoms with van der Waals surface area (Å²) < 4.78 is 4.86. The zero-order valence-corrected chi connectivity index (χ0v) is 11.3. The fourth-order valence-corrected chi connectivity index (χ4v) is 3.12. The van der Waals surface area contributed by atoms with Gasteiger partial charge in [-0.15, -0.1) is 0 Å². The summed E-state index contributed by atoms with van der Waals surface area (Å²) in [4.78, 5) is 2.42. The third-order valence-electron chi connectivity index (χ3n) is 4.09. The predicted octanol–water partition coefficient (Wildman–Crippen LogP) is 2.96. The zero-order valence-electron chi connectivity index (χ0n) is 11.3. The van der Waals surface area contributed by atoms with Gasteiger partial charge < -0.3 is 10.6 Å². The molecule has 3 rings (SSSR count). The third-order valence-corrected chi connectivity index (χ3v) is 4.09. The number of anilines is 2. The van der Waals surface area contributed by atoms with Crippen molar-refractivity contribution in [3.05, 3.63) is 12.1 Å². The van der Waals surface area contributed by atoms with Crippen LogP contribution in [0.25, 0.3) is 11.0 Å². The fraction of sp³-hybridized carbons (Fsp3) is 0.571. The molecule has 1 aliphatic rings.